The van der Waals surface area contributed by atoms with Gasteiger partial charge in [-0.1, -0.05) is 46.3 Å². The zero-order valence-corrected chi connectivity index (χ0v) is 16.3. The Morgan fingerprint density at radius 2 is 1.86 bits per heavy atom. The molecule has 1 atom stereocenters. The van der Waals surface area contributed by atoms with Crippen molar-refractivity contribution in [2.24, 2.45) is 5.10 Å². The molecule has 7 nitrogen and oxygen atoms in total. The molecule has 2 aliphatic heterocycles. The van der Waals surface area contributed by atoms with E-state index in [0.29, 0.717) is 17.0 Å². The molecule has 8 heteroatoms. The molecule has 2 N–H and O–H groups in total. The lowest BCUT2D eigenvalue weighted by Crippen LogP contribution is -2.48. The molecule has 2 amide bonds. The molecular weight excluding hydrogens is 426 g/mol. The maximum atomic E-state index is 13.0. The molecule has 4 rings (SSSR count). The Morgan fingerprint density at radius 3 is 2.57 bits per heavy atom. The number of nitrogens with one attached hydrogen (secondary N) is 1. The molecule has 2 aromatic rings. The van der Waals surface area contributed by atoms with Crippen molar-refractivity contribution >= 4 is 45.1 Å². The fraction of sp³-hybridized carbons (Fsp3) is 0.200. The van der Waals surface area contributed by atoms with Crippen molar-refractivity contribution in [3.8, 4) is 0 Å². The summed E-state index contributed by atoms with van der Waals surface area (Å²) in [6, 6.07) is 14.6. The number of para-hydroxylation sites is 1. The van der Waals surface area contributed by atoms with Gasteiger partial charge in [-0.15, -0.1) is 0 Å². The minimum Gasteiger partial charge on any atom is -0.481 e. The van der Waals surface area contributed by atoms with Crippen molar-refractivity contribution in [2.45, 2.75) is 24.8 Å². The number of fused-ring (bicyclic) bond motifs is 2. The topological polar surface area (TPSA) is 99.1 Å². The Labute approximate surface area is 169 Å². The standard InChI is InChI=1S/C20H16BrN3O4/c21-13-7-5-12(6-8-13)16-11-20(24(23-16)17(25)9-10-18(26)27)14-3-1-2-4-15(14)22-19(20)28/h1-8H,9-11H2,(H,22,28)(H,26,27)/t20-/m0/s1. The Morgan fingerprint density at radius 1 is 1.14 bits per heavy atom. The predicted molar refractivity (Wildman–Crippen MR) is 106 cm³/mol. The molecule has 0 bridgehead atoms. The first-order valence-electron chi connectivity index (χ1n) is 8.71. The lowest BCUT2D eigenvalue weighted by molar-refractivity contribution is -0.146. The average Bonchev–Trinajstić information content (AvgIpc) is 3.21. The first-order valence-corrected chi connectivity index (χ1v) is 9.50. The Bertz CT molecular complexity index is 1020. The maximum absolute atomic E-state index is 13.0. The van der Waals surface area contributed by atoms with Gasteiger partial charge < -0.3 is 10.4 Å². The van der Waals surface area contributed by atoms with Crippen LogP contribution in [-0.4, -0.2) is 33.6 Å². The van der Waals surface area contributed by atoms with Crippen LogP contribution >= 0.6 is 15.9 Å². The highest BCUT2D eigenvalue weighted by atomic mass is 79.9. The van der Waals surface area contributed by atoms with Crippen LogP contribution in [0.15, 0.2) is 58.1 Å². The van der Waals surface area contributed by atoms with Crippen LogP contribution in [0, 0.1) is 0 Å². The predicted octanol–water partition coefficient (Wildman–Crippen LogP) is 3.10. The van der Waals surface area contributed by atoms with E-state index in [9.17, 15) is 14.4 Å². The van der Waals surface area contributed by atoms with Crippen molar-refractivity contribution in [2.75, 3.05) is 5.32 Å². The lowest BCUT2D eigenvalue weighted by Gasteiger charge is -2.30. The Hall–Kier alpha value is -3.00. The van der Waals surface area contributed by atoms with Gasteiger partial charge in [-0.3, -0.25) is 14.4 Å². The zero-order valence-electron chi connectivity index (χ0n) is 14.7. The molecule has 2 heterocycles. The zero-order chi connectivity index (χ0) is 19.9. The second-order valence-corrected chi connectivity index (χ2v) is 7.61. The van der Waals surface area contributed by atoms with Gasteiger partial charge in [-0.05, 0) is 23.8 Å². The third-order valence-electron chi connectivity index (χ3n) is 4.97. The smallest absolute Gasteiger partial charge is 0.303 e. The number of halogens is 1. The van der Waals surface area contributed by atoms with Crippen LogP contribution in [0.25, 0.3) is 0 Å². The van der Waals surface area contributed by atoms with Crippen molar-refractivity contribution in [3.05, 3.63) is 64.1 Å². The van der Waals surface area contributed by atoms with Crippen LogP contribution < -0.4 is 5.32 Å². The van der Waals surface area contributed by atoms with Crippen molar-refractivity contribution < 1.29 is 19.5 Å². The van der Waals surface area contributed by atoms with Gasteiger partial charge in [-0.2, -0.15) is 5.10 Å². The number of carbonyl (C=O) groups excluding carboxylic acids is 2. The van der Waals surface area contributed by atoms with E-state index in [1.165, 1.54) is 5.01 Å². The quantitative estimate of drug-likeness (QED) is 0.760. The van der Waals surface area contributed by atoms with Crippen LogP contribution in [0.1, 0.15) is 30.4 Å². The number of anilines is 1. The molecule has 0 aromatic heterocycles. The molecule has 0 saturated heterocycles. The maximum Gasteiger partial charge on any atom is 0.303 e. The fourth-order valence-corrected chi connectivity index (χ4v) is 3.90. The second-order valence-electron chi connectivity index (χ2n) is 6.69. The fourth-order valence-electron chi connectivity index (χ4n) is 3.64. The summed E-state index contributed by atoms with van der Waals surface area (Å²) in [6.07, 6.45) is -0.336. The number of aliphatic carboxylic acids is 1. The molecule has 0 unspecified atom stereocenters. The molecule has 1 spiro atoms. The van der Waals surface area contributed by atoms with E-state index in [-0.39, 0.29) is 25.2 Å². The number of benzene rings is 2. The van der Waals surface area contributed by atoms with Crippen molar-refractivity contribution in [1.29, 1.82) is 0 Å². The number of nitrogens with zero attached hydrogens (tertiary/aromatic N) is 2. The Balaban J connectivity index is 1.79. The van der Waals surface area contributed by atoms with Crippen LogP contribution in [-0.2, 0) is 19.9 Å². The lowest BCUT2D eigenvalue weighted by atomic mass is 9.85. The third-order valence-corrected chi connectivity index (χ3v) is 5.50. The van der Waals surface area contributed by atoms with E-state index in [4.69, 9.17) is 5.11 Å². The van der Waals surface area contributed by atoms with Gasteiger partial charge in [0.05, 0.1) is 12.1 Å². The highest BCUT2D eigenvalue weighted by Gasteiger charge is 2.57. The van der Waals surface area contributed by atoms with Gasteiger partial charge in [0.15, 0.2) is 5.54 Å². The third kappa shape index (κ3) is 2.90. The van der Waals surface area contributed by atoms with Gasteiger partial charge in [0.25, 0.3) is 5.91 Å². The van der Waals surface area contributed by atoms with E-state index in [1.54, 1.807) is 24.3 Å². The molecule has 2 aliphatic rings. The highest BCUT2D eigenvalue weighted by molar-refractivity contribution is 9.10. The summed E-state index contributed by atoms with van der Waals surface area (Å²) in [5.74, 6) is -1.91. The highest BCUT2D eigenvalue weighted by Crippen LogP contribution is 2.47. The van der Waals surface area contributed by atoms with Gasteiger partial charge in [0.2, 0.25) is 5.91 Å². The Kier molecular flexibility index (Phi) is 4.50. The molecular formula is C20H16BrN3O4. The van der Waals surface area contributed by atoms with Crippen LogP contribution in [0.3, 0.4) is 0 Å². The number of amides is 2. The van der Waals surface area contributed by atoms with Gasteiger partial charge in [0, 0.05) is 28.6 Å². The summed E-state index contributed by atoms with van der Waals surface area (Å²) in [5.41, 5.74) is 1.40. The number of carboxylic acids is 1. The van der Waals surface area contributed by atoms with Gasteiger partial charge in [-0.25, -0.2) is 5.01 Å². The van der Waals surface area contributed by atoms with E-state index >= 15 is 0 Å². The number of hydrazone groups is 1. The number of carbonyl (C=O) groups is 3. The van der Waals surface area contributed by atoms with Gasteiger partial charge in [0.1, 0.15) is 0 Å². The molecule has 142 valence electrons. The first-order chi connectivity index (χ1) is 13.4. The first kappa shape index (κ1) is 18.4. The molecule has 2 aromatic carbocycles. The van der Waals surface area contributed by atoms with Crippen molar-refractivity contribution in [3.63, 3.8) is 0 Å². The molecule has 28 heavy (non-hydrogen) atoms. The second kappa shape index (κ2) is 6.87. The van der Waals surface area contributed by atoms with E-state index in [0.717, 1.165) is 10.0 Å². The monoisotopic (exact) mass is 441 g/mol. The van der Waals surface area contributed by atoms with E-state index in [2.05, 4.69) is 26.3 Å². The summed E-state index contributed by atoms with van der Waals surface area (Å²) in [5, 5.41) is 17.4. The van der Waals surface area contributed by atoms with E-state index < -0.39 is 17.4 Å². The number of rotatable bonds is 4. The summed E-state index contributed by atoms with van der Waals surface area (Å²) in [7, 11) is 0. The normalized spacial score (nSPS) is 20.1. The molecule has 0 saturated carbocycles. The molecule has 0 radical (unpaired) electrons. The number of hydrogen-bond donors (Lipinski definition) is 2. The van der Waals surface area contributed by atoms with Crippen LogP contribution in [0.4, 0.5) is 5.69 Å². The van der Waals surface area contributed by atoms with Crippen LogP contribution in [0.5, 0.6) is 0 Å². The van der Waals surface area contributed by atoms with Crippen LogP contribution in [0.2, 0.25) is 0 Å². The summed E-state index contributed by atoms with van der Waals surface area (Å²) < 4.78 is 0.905. The number of hydrogen-bond acceptors (Lipinski definition) is 4. The minimum atomic E-state index is -1.30. The van der Waals surface area contributed by atoms with Gasteiger partial charge >= 0.3 is 5.97 Å². The summed E-state index contributed by atoms with van der Waals surface area (Å²) in [6.45, 7) is 0. The average molecular weight is 442 g/mol. The summed E-state index contributed by atoms with van der Waals surface area (Å²) >= 11 is 3.39. The number of carboxylic acid groups (broad SMARTS) is 1. The van der Waals surface area contributed by atoms with Crippen molar-refractivity contribution in [1.82, 2.24) is 5.01 Å². The molecule has 0 fully saturated rings. The SMILES string of the molecule is O=C(O)CCC(=O)N1N=C(c2ccc(Br)cc2)C[C@]12C(=O)Nc1ccccc12. The summed E-state index contributed by atoms with van der Waals surface area (Å²) in [4.78, 5) is 36.8. The minimum absolute atomic E-state index is 0.219. The van der Waals surface area contributed by atoms with E-state index in [1.807, 2.05) is 24.3 Å². The molecule has 0 aliphatic carbocycles. The largest absolute Gasteiger partial charge is 0.481 e.